The van der Waals surface area contributed by atoms with Gasteiger partial charge < -0.3 is 5.11 Å². The number of halogens is 4. The summed E-state index contributed by atoms with van der Waals surface area (Å²) in [4.78, 5) is 13.6. The first-order valence-corrected chi connectivity index (χ1v) is 10.0. The van der Waals surface area contributed by atoms with Crippen molar-refractivity contribution < 1.29 is 23.1 Å². The zero-order chi connectivity index (χ0) is 22.4. The summed E-state index contributed by atoms with van der Waals surface area (Å²) >= 11 is 0. The monoisotopic (exact) mass is 463 g/mol. The Bertz CT molecular complexity index is 1020. The van der Waals surface area contributed by atoms with E-state index in [1.54, 1.807) is 0 Å². The maximum atomic E-state index is 14.4. The van der Waals surface area contributed by atoms with Crippen LogP contribution in [0.3, 0.4) is 0 Å². The van der Waals surface area contributed by atoms with Crippen LogP contribution < -0.4 is 0 Å². The number of carboxylic acid groups (broad SMARTS) is 1. The van der Waals surface area contributed by atoms with Gasteiger partial charge in [-0.2, -0.15) is 0 Å². The van der Waals surface area contributed by atoms with E-state index in [2.05, 4.69) is 0 Å². The highest BCUT2D eigenvalue weighted by Crippen LogP contribution is 2.29. The molecule has 0 spiro atoms. The summed E-state index contributed by atoms with van der Waals surface area (Å²) in [5.41, 5.74) is 1.88. The maximum absolute atomic E-state index is 14.4. The van der Waals surface area contributed by atoms with Crippen LogP contribution in [-0.2, 0) is 17.8 Å². The minimum absolute atomic E-state index is 0. The molecule has 7 heteroatoms. The summed E-state index contributed by atoms with van der Waals surface area (Å²) in [5.74, 6) is -4.36. The molecule has 3 aromatic carbocycles. The van der Waals surface area contributed by atoms with Crippen molar-refractivity contribution in [2.24, 2.45) is 0 Å². The molecule has 0 heterocycles. The molecule has 3 nitrogen and oxygen atoms in total. The molecule has 3 rings (SSSR count). The molecule has 0 amide bonds. The van der Waals surface area contributed by atoms with Crippen molar-refractivity contribution >= 4 is 18.4 Å². The number of carbonyl (C=O) groups is 1. The summed E-state index contributed by atoms with van der Waals surface area (Å²) in [5, 5.41) is 9.54. The SMILES string of the molecule is C[C@H](c1ccccc1)N(Cc1ccccc1)[C@@H](CC(=O)O)Cc1cc(F)c(F)cc1F.Cl. The van der Waals surface area contributed by atoms with Crippen molar-refractivity contribution in [3.8, 4) is 0 Å². The number of rotatable bonds is 9. The second kappa shape index (κ2) is 11.7. The van der Waals surface area contributed by atoms with Crippen LogP contribution in [-0.4, -0.2) is 22.0 Å². The molecule has 0 saturated carbocycles. The van der Waals surface area contributed by atoms with E-state index >= 15 is 0 Å². The van der Waals surface area contributed by atoms with Gasteiger partial charge in [0.15, 0.2) is 11.6 Å². The van der Waals surface area contributed by atoms with Crippen molar-refractivity contribution in [2.75, 3.05) is 0 Å². The fourth-order valence-corrected chi connectivity index (χ4v) is 3.78. The van der Waals surface area contributed by atoms with Crippen molar-refractivity contribution in [3.05, 3.63) is 107 Å². The van der Waals surface area contributed by atoms with Crippen LogP contribution >= 0.6 is 12.4 Å². The van der Waals surface area contributed by atoms with Gasteiger partial charge in [-0.15, -0.1) is 12.4 Å². The molecule has 1 N–H and O–H groups in total. The van der Waals surface area contributed by atoms with Gasteiger partial charge in [0.2, 0.25) is 0 Å². The summed E-state index contributed by atoms with van der Waals surface area (Å²) in [6, 6.07) is 19.6. The summed E-state index contributed by atoms with van der Waals surface area (Å²) < 4.78 is 41.5. The Labute approximate surface area is 191 Å². The molecule has 0 bridgehead atoms. The zero-order valence-corrected chi connectivity index (χ0v) is 18.4. The number of aliphatic carboxylic acids is 1. The molecule has 170 valence electrons. The summed E-state index contributed by atoms with van der Waals surface area (Å²) in [6.45, 7) is 2.37. The Balaban J connectivity index is 0.00000363. The molecule has 0 aliphatic heterocycles. The lowest BCUT2D eigenvalue weighted by Gasteiger charge is -2.36. The standard InChI is InChI=1S/C25H24F3NO2.ClH/c1-17(19-10-6-3-7-11-19)29(16-18-8-4-2-5-9-18)21(14-25(30)31)12-20-13-23(27)24(28)15-22(20)26;/h2-11,13,15,17,21H,12,14,16H2,1H3,(H,30,31);1H/t17-,21-;/m1./s1. The van der Waals surface area contributed by atoms with Crippen LogP contribution in [0.1, 0.15) is 36.1 Å². The fraction of sp³-hybridized carbons (Fsp3) is 0.240. The van der Waals surface area contributed by atoms with E-state index in [1.165, 1.54) is 0 Å². The Morgan fingerprint density at radius 3 is 2.06 bits per heavy atom. The highest BCUT2D eigenvalue weighted by molar-refractivity contribution is 5.85. The number of hydrogen-bond acceptors (Lipinski definition) is 2. The smallest absolute Gasteiger partial charge is 0.304 e. The van der Waals surface area contributed by atoms with E-state index in [1.807, 2.05) is 72.5 Å². The average Bonchev–Trinajstić information content (AvgIpc) is 2.76. The van der Waals surface area contributed by atoms with E-state index in [0.29, 0.717) is 12.6 Å². The second-order valence-electron chi connectivity index (χ2n) is 7.56. The zero-order valence-electron chi connectivity index (χ0n) is 17.5. The molecule has 32 heavy (non-hydrogen) atoms. The molecule has 0 unspecified atom stereocenters. The van der Waals surface area contributed by atoms with Crippen LogP contribution in [0.15, 0.2) is 72.8 Å². The maximum Gasteiger partial charge on any atom is 0.304 e. The van der Waals surface area contributed by atoms with E-state index in [-0.39, 0.29) is 36.9 Å². The van der Waals surface area contributed by atoms with Crippen LogP contribution in [0.2, 0.25) is 0 Å². The third-order valence-corrected chi connectivity index (χ3v) is 5.41. The van der Waals surface area contributed by atoms with E-state index in [9.17, 15) is 23.1 Å². The average molecular weight is 464 g/mol. The van der Waals surface area contributed by atoms with Crippen LogP contribution in [0.25, 0.3) is 0 Å². The summed E-state index contributed by atoms with van der Waals surface area (Å²) in [7, 11) is 0. The van der Waals surface area contributed by atoms with Gasteiger partial charge in [-0.05, 0) is 36.1 Å². The van der Waals surface area contributed by atoms with Gasteiger partial charge >= 0.3 is 5.97 Å². The third-order valence-electron chi connectivity index (χ3n) is 5.41. The number of carboxylic acids is 1. The minimum atomic E-state index is -1.27. The quantitative estimate of drug-likeness (QED) is 0.385. The van der Waals surface area contributed by atoms with E-state index in [4.69, 9.17) is 0 Å². The first-order chi connectivity index (χ1) is 14.8. The predicted molar refractivity (Wildman–Crippen MR) is 120 cm³/mol. The molecule has 0 aliphatic rings. The van der Waals surface area contributed by atoms with Crippen molar-refractivity contribution in [1.82, 2.24) is 4.90 Å². The molecule has 0 aromatic heterocycles. The van der Waals surface area contributed by atoms with Gasteiger partial charge in [0.25, 0.3) is 0 Å². The van der Waals surface area contributed by atoms with Gasteiger partial charge in [0, 0.05) is 24.7 Å². The van der Waals surface area contributed by atoms with Crippen molar-refractivity contribution in [2.45, 2.75) is 38.4 Å². The lowest BCUT2D eigenvalue weighted by atomic mass is 9.96. The fourth-order valence-electron chi connectivity index (χ4n) is 3.78. The molecule has 2 atom stereocenters. The van der Waals surface area contributed by atoms with E-state index in [0.717, 1.165) is 17.2 Å². The topological polar surface area (TPSA) is 40.5 Å². The van der Waals surface area contributed by atoms with Crippen LogP contribution in [0, 0.1) is 17.5 Å². The highest BCUT2D eigenvalue weighted by atomic mass is 35.5. The summed E-state index contributed by atoms with van der Waals surface area (Å²) in [6.07, 6.45) is -0.345. The van der Waals surface area contributed by atoms with Gasteiger partial charge in [0.1, 0.15) is 5.82 Å². The first-order valence-electron chi connectivity index (χ1n) is 10.0. The molecule has 0 radical (unpaired) electrons. The van der Waals surface area contributed by atoms with Crippen molar-refractivity contribution in [3.63, 3.8) is 0 Å². The Morgan fingerprint density at radius 1 is 0.906 bits per heavy atom. The molecule has 3 aromatic rings. The molecule has 0 fully saturated rings. The van der Waals surface area contributed by atoms with Crippen molar-refractivity contribution in [1.29, 1.82) is 0 Å². The number of benzene rings is 3. The normalized spacial score (nSPS) is 12.8. The van der Waals surface area contributed by atoms with Gasteiger partial charge in [-0.3, -0.25) is 9.69 Å². The third kappa shape index (κ3) is 6.58. The van der Waals surface area contributed by atoms with Gasteiger partial charge in [-0.1, -0.05) is 60.7 Å². The molecule has 0 saturated heterocycles. The van der Waals surface area contributed by atoms with Crippen LogP contribution in [0.5, 0.6) is 0 Å². The molecule has 0 aliphatic carbocycles. The Kier molecular flexibility index (Phi) is 9.29. The first kappa shape index (κ1) is 25.4. The number of hydrogen-bond donors (Lipinski definition) is 1. The number of nitrogens with zero attached hydrogens (tertiary/aromatic N) is 1. The van der Waals surface area contributed by atoms with Crippen LogP contribution in [0.4, 0.5) is 13.2 Å². The van der Waals surface area contributed by atoms with Gasteiger partial charge in [-0.25, -0.2) is 13.2 Å². The molecular weight excluding hydrogens is 439 g/mol. The lowest BCUT2D eigenvalue weighted by molar-refractivity contribution is -0.138. The van der Waals surface area contributed by atoms with Gasteiger partial charge in [0.05, 0.1) is 6.42 Å². The lowest BCUT2D eigenvalue weighted by Crippen LogP contribution is -2.40. The minimum Gasteiger partial charge on any atom is -0.481 e. The predicted octanol–water partition coefficient (Wildman–Crippen LogP) is 6.17. The highest BCUT2D eigenvalue weighted by Gasteiger charge is 2.28. The second-order valence-corrected chi connectivity index (χ2v) is 7.56. The Hall–Kier alpha value is -2.83. The van der Waals surface area contributed by atoms with E-state index < -0.39 is 29.5 Å². The largest absolute Gasteiger partial charge is 0.481 e. The Morgan fingerprint density at radius 2 is 1.47 bits per heavy atom. The molecular formula is C25H25ClF3NO2.